The van der Waals surface area contributed by atoms with Gasteiger partial charge in [-0.2, -0.15) is 0 Å². The third-order valence-electron chi connectivity index (χ3n) is 3.02. The molecule has 2 heteroatoms. The fourth-order valence-electron chi connectivity index (χ4n) is 1.95. The van der Waals surface area contributed by atoms with E-state index in [9.17, 15) is 4.79 Å². The zero-order chi connectivity index (χ0) is 14.2. The quantitative estimate of drug-likeness (QED) is 0.586. The highest BCUT2D eigenvalue weighted by molar-refractivity contribution is 5.89. The predicted molar refractivity (Wildman–Crippen MR) is 80.5 cm³/mol. The summed E-state index contributed by atoms with van der Waals surface area (Å²) in [4.78, 5) is 12.1. The third kappa shape index (κ3) is 3.82. The van der Waals surface area contributed by atoms with Crippen molar-refractivity contribution in [1.29, 1.82) is 0 Å². The summed E-state index contributed by atoms with van der Waals surface area (Å²) >= 11 is 0. The summed E-state index contributed by atoms with van der Waals surface area (Å²) in [5.74, 6) is -0.288. The van der Waals surface area contributed by atoms with E-state index in [0.717, 1.165) is 5.56 Å². The van der Waals surface area contributed by atoms with Crippen LogP contribution in [0.5, 0.6) is 0 Å². The maximum absolute atomic E-state index is 12.1. The van der Waals surface area contributed by atoms with Crippen molar-refractivity contribution in [2.45, 2.75) is 19.4 Å². The van der Waals surface area contributed by atoms with Crippen molar-refractivity contribution in [3.8, 4) is 0 Å². The molecule has 0 saturated heterocycles. The molecular formula is C18H18O2. The highest BCUT2D eigenvalue weighted by atomic mass is 16.5. The van der Waals surface area contributed by atoms with Crippen molar-refractivity contribution >= 4 is 5.97 Å². The first kappa shape index (κ1) is 14.1. The zero-order valence-corrected chi connectivity index (χ0v) is 11.5. The Hall–Kier alpha value is -2.35. The highest BCUT2D eigenvalue weighted by Crippen LogP contribution is 2.23. The summed E-state index contributed by atoms with van der Waals surface area (Å²) in [5, 5.41) is 0. The molecule has 102 valence electrons. The Balaban J connectivity index is 2.14. The molecule has 0 fully saturated rings. The van der Waals surface area contributed by atoms with Gasteiger partial charge in [-0.1, -0.05) is 60.7 Å². The lowest BCUT2D eigenvalue weighted by molar-refractivity contribution is 0.0303. The highest BCUT2D eigenvalue weighted by Gasteiger charge is 2.16. The van der Waals surface area contributed by atoms with Crippen molar-refractivity contribution < 1.29 is 9.53 Å². The average molecular weight is 266 g/mol. The summed E-state index contributed by atoms with van der Waals surface area (Å²) in [6.45, 7) is 1.96. The van der Waals surface area contributed by atoms with Gasteiger partial charge in [-0.15, -0.1) is 0 Å². The summed E-state index contributed by atoms with van der Waals surface area (Å²) in [6.07, 6.45) is 4.40. The van der Waals surface area contributed by atoms with Crippen LogP contribution in [0.25, 0.3) is 0 Å². The van der Waals surface area contributed by atoms with Crippen molar-refractivity contribution in [2.75, 3.05) is 0 Å². The molecule has 0 aliphatic rings. The Labute approximate surface area is 119 Å². The van der Waals surface area contributed by atoms with Crippen LogP contribution in [0.2, 0.25) is 0 Å². The van der Waals surface area contributed by atoms with Crippen LogP contribution in [0.3, 0.4) is 0 Å². The van der Waals surface area contributed by atoms with Gasteiger partial charge in [0.15, 0.2) is 0 Å². The number of allylic oxidation sites excluding steroid dienone is 1. The average Bonchev–Trinajstić information content (AvgIpc) is 2.53. The first-order valence-corrected chi connectivity index (χ1v) is 6.73. The second-order valence-corrected chi connectivity index (χ2v) is 4.48. The maximum Gasteiger partial charge on any atom is 0.338 e. The van der Waals surface area contributed by atoms with Crippen molar-refractivity contribution in [3.05, 3.63) is 83.9 Å². The first-order chi connectivity index (χ1) is 9.81. The Morgan fingerprint density at radius 2 is 1.65 bits per heavy atom. The Bertz CT molecular complexity index is 558. The van der Waals surface area contributed by atoms with E-state index in [0.29, 0.717) is 12.0 Å². The van der Waals surface area contributed by atoms with Gasteiger partial charge in [0.2, 0.25) is 0 Å². The van der Waals surface area contributed by atoms with Gasteiger partial charge in [-0.3, -0.25) is 0 Å². The van der Waals surface area contributed by atoms with E-state index < -0.39 is 0 Å². The van der Waals surface area contributed by atoms with Crippen LogP contribution >= 0.6 is 0 Å². The van der Waals surface area contributed by atoms with Crippen LogP contribution in [0.15, 0.2) is 72.8 Å². The number of ether oxygens (including phenoxy) is 1. The lowest BCUT2D eigenvalue weighted by Crippen LogP contribution is -2.11. The molecule has 0 bridgehead atoms. The van der Waals surface area contributed by atoms with Gasteiger partial charge in [0.1, 0.15) is 6.10 Å². The summed E-state index contributed by atoms with van der Waals surface area (Å²) in [6, 6.07) is 18.9. The Morgan fingerprint density at radius 1 is 1.05 bits per heavy atom. The molecule has 0 heterocycles. The molecule has 0 aliphatic heterocycles. The number of hydrogen-bond donors (Lipinski definition) is 0. The lowest BCUT2D eigenvalue weighted by atomic mass is 10.1. The summed E-state index contributed by atoms with van der Waals surface area (Å²) in [5.41, 5.74) is 1.59. The van der Waals surface area contributed by atoms with Crippen molar-refractivity contribution in [2.24, 2.45) is 0 Å². The van der Waals surface area contributed by atoms with Crippen LogP contribution in [0.1, 0.15) is 35.4 Å². The fourth-order valence-corrected chi connectivity index (χ4v) is 1.95. The molecule has 2 rings (SSSR count). The maximum atomic E-state index is 12.1. The molecule has 2 aromatic carbocycles. The standard InChI is InChI=1S/C18H18O2/c1-2-3-14-17(15-10-6-4-7-11-15)20-18(19)16-12-8-5-9-13-16/h2-13,17H,14H2,1H3/b3-2-. The topological polar surface area (TPSA) is 26.3 Å². The molecule has 0 aliphatic carbocycles. The summed E-state index contributed by atoms with van der Waals surface area (Å²) in [7, 11) is 0. The van der Waals surface area contributed by atoms with E-state index in [1.165, 1.54) is 0 Å². The summed E-state index contributed by atoms with van der Waals surface area (Å²) < 4.78 is 5.63. The fraction of sp³-hybridized carbons (Fsp3) is 0.167. The largest absolute Gasteiger partial charge is 0.454 e. The van der Waals surface area contributed by atoms with Gasteiger partial charge in [-0.25, -0.2) is 4.79 Å². The van der Waals surface area contributed by atoms with Crippen LogP contribution in [-0.2, 0) is 4.74 Å². The van der Waals surface area contributed by atoms with Crippen LogP contribution in [0.4, 0.5) is 0 Å². The van der Waals surface area contributed by atoms with Gasteiger partial charge in [0.25, 0.3) is 0 Å². The molecule has 0 N–H and O–H groups in total. The van der Waals surface area contributed by atoms with Gasteiger partial charge >= 0.3 is 5.97 Å². The molecular weight excluding hydrogens is 248 g/mol. The Kier molecular flexibility index (Phi) is 5.13. The molecule has 2 aromatic rings. The molecule has 0 saturated carbocycles. The molecule has 2 nitrogen and oxygen atoms in total. The Morgan fingerprint density at radius 3 is 2.25 bits per heavy atom. The van der Waals surface area contributed by atoms with Gasteiger partial charge < -0.3 is 4.74 Å². The van der Waals surface area contributed by atoms with Crippen molar-refractivity contribution in [1.82, 2.24) is 0 Å². The number of rotatable bonds is 5. The minimum absolute atomic E-state index is 0.250. The molecule has 0 aromatic heterocycles. The van der Waals surface area contributed by atoms with E-state index in [1.54, 1.807) is 12.1 Å². The smallest absolute Gasteiger partial charge is 0.338 e. The van der Waals surface area contributed by atoms with Crippen LogP contribution in [0, 0.1) is 0 Å². The number of carbonyl (C=O) groups is 1. The van der Waals surface area contributed by atoms with E-state index in [2.05, 4.69) is 0 Å². The molecule has 0 spiro atoms. The monoisotopic (exact) mass is 266 g/mol. The van der Waals surface area contributed by atoms with E-state index in [4.69, 9.17) is 4.74 Å². The second kappa shape index (κ2) is 7.29. The lowest BCUT2D eigenvalue weighted by Gasteiger charge is -2.17. The van der Waals surface area contributed by atoms with Gasteiger partial charge in [0, 0.05) is 6.42 Å². The first-order valence-electron chi connectivity index (χ1n) is 6.73. The van der Waals surface area contributed by atoms with Crippen molar-refractivity contribution in [3.63, 3.8) is 0 Å². The van der Waals surface area contributed by atoms with E-state index in [-0.39, 0.29) is 12.1 Å². The molecule has 0 amide bonds. The van der Waals surface area contributed by atoms with Gasteiger partial charge in [0.05, 0.1) is 5.56 Å². The zero-order valence-electron chi connectivity index (χ0n) is 11.5. The van der Waals surface area contributed by atoms with Crippen LogP contribution < -0.4 is 0 Å². The normalized spacial score (nSPS) is 12.2. The molecule has 1 atom stereocenters. The predicted octanol–water partition coefficient (Wildman–Crippen LogP) is 4.55. The third-order valence-corrected chi connectivity index (χ3v) is 3.02. The van der Waals surface area contributed by atoms with Gasteiger partial charge in [-0.05, 0) is 24.6 Å². The molecule has 1 unspecified atom stereocenters. The minimum Gasteiger partial charge on any atom is -0.454 e. The SMILES string of the molecule is C/C=C\CC(OC(=O)c1ccccc1)c1ccccc1. The van der Waals surface area contributed by atoms with E-state index >= 15 is 0 Å². The second-order valence-electron chi connectivity index (χ2n) is 4.48. The number of esters is 1. The molecule has 20 heavy (non-hydrogen) atoms. The number of hydrogen-bond acceptors (Lipinski definition) is 2. The van der Waals surface area contributed by atoms with E-state index in [1.807, 2.05) is 67.6 Å². The number of carbonyl (C=O) groups excluding carboxylic acids is 1. The molecule has 0 radical (unpaired) electrons. The van der Waals surface area contributed by atoms with Crippen LogP contribution in [-0.4, -0.2) is 5.97 Å². The number of benzene rings is 2. The minimum atomic E-state index is -0.288.